The monoisotopic (exact) mass is 255 g/mol. The molecule has 0 unspecified atom stereocenters. The van der Waals surface area contributed by atoms with Crippen LogP contribution in [-0.2, 0) is 4.74 Å². The number of nitrogens with zero attached hydrogens (tertiary/aromatic N) is 1. The Kier molecular flexibility index (Phi) is 3.58. The quantitative estimate of drug-likeness (QED) is 0.842. The number of aliphatic hydroxyl groups excluding tert-OH is 1. The van der Waals surface area contributed by atoms with Crippen LogP contribution in [0.25, 0.3) is 0 Å². The van der Waals surface area contributed by atoms with E-state index >= 15 is 0 Å². The van der Waals surface area contributed by atoms with Gasteiger partial charge in [0.1, 0.15) is 5.60 Å². The fourth-order valence-electron chi connectivity index (χ4n) is 3.23. The molecule has 0 radical (unpaired) electrons. The van der Waals surface area contributed by atoms with E-state index < -0.39 is 5.60 Å². The summed E-state index contributed by atoms with van der Waals surface area (Å²) in [5.74, 6) is 0.762. The first kappa shape index (κ1) is 13.7. The van der Waals surface area contributed by atoms with Crippen LogP contribution in [-0.4, -0.2) is 41.4 Å². The van der Waals surface area contributed by atoms with Crippen molar-refractivity contribution in [2.75, 3.05) is 19.7 Å². The van der Waals surface area contributed by atoms with Crippen LogP contribution in [0.2, 0.25) is 0 Å². The number of carbonyl (C=O) groups excluding carboxylic acids is 1. The van der Waals surface area contributed by atoms with Gasteiger partial charge in [0.15, 0.2) is 0 Å². The predicted octanol–water partition coefficient (Wildman–Crippen LogP) is 2.41. The third-order valence-corrected chi connectivity index (χ3v) is 3.92. The molecule has 2 rings (SSSR count). The maximum Gasteiger partial charge on any atom is 0.410 e. The van der Waals surface area contributed by atoms with E-state index in [0.29, 0.717) is 12.0 Å². The summed E-state index contributed by atoms with van der Waals surface area (Å²) in [6.07, 6.45) is 4.30. The Morgan fingerprint density at radius 1 is 1.39 bits per heavy atom. The molecule has 0 aromatic carbocycles. The highest BCUT2D eigenvalue weighted by Gasteiger charge is 2.53. The number of rotatable bonds is 3. The molecule has 18 heavy (non-hydrogen) atoms. The first-order chi connectivity index (χ1) is 8.34. The third-order valence-electron chi connectivity index (χ3n) is 3.92. The van der Waals surface area contributed by atoms with Crippen LogP contribution in [0.1, 0.15) is 46.5 Å². The van der Waals surface area contributed by atoms with E-state index in [4.69, 9.17) is 9.84 Å². The van der Waals surface area contributed by atoms with Crippen LogP contribution in [0.5, 0.6) is 0 Å². The number of amides is 1. The molecule has 1 amide bonds. The lowest BCUT2D eigenvalue weighted by atomic mass is 9.57. The van der Waals surface area contributed by atoms with Gasteiger partial charge in [0.25, 0.3) is 0 Å². The summed E-state index contributed by atoms with van der Waals surface area (Å²) in [4.78, 5) is 13.6. The highest BCUT2D eigenvalue weighted by molar-refractivity contribution is 5.69. The van der Waals surface area contributed by atoms with Gasteiger partial charge in [-0.2, -0.15) is 0 Å². The maximum atomic E-state index is 11.8. The summed E-state index contributed by atoms with van der Waals surface area (Å²) in [6, 6.07) is 0. The molecule has 4 heteroatoms. The molecule has 1 heterocycles. The zero-order chi connectivity index (χ0) is 13.4. The zero-order valence-electron chi connectivity index (χ0n) is 11.7. The number of hydrogen-bond donors (Lipinski definition) is 1. The molecule has 0 aromatic heterocycles. The van der Waals surface area contributed by atoms with Gasteiger partial charge < -0.3 is 14.7 Å². The second kappa shape index (κ2) is 4.72. The van der Waals surface area contributed by atoms with Crippen molar-refractivity contribution in [3.05, 3.63) is 0 Å². The van der Waals surface area contributed by atoms with Crippen molar-refractivity contribution < 1.29 is 14.6 Å². The summed E-state index contributed by atoms with van der Waals surface area (Å²) in [6.45, 7) is 7.71. The molecule has 0 bridgehead atoms. The van der Waals surface area contributed by atoms with E-state index in [1.54, 1.807) is 0 Å². The van der Waals surface area contributed by atoms with Crippen molar-refractivity contribution in [2.24, 2.45) is 11.3 Å². The van der Waals surface area contributed by atoms with Gasteiger partial charge in [-0.3, -0.25) is 0 Å². The minimum atomic E-state index is -0.400. The smallest absolute Gasteiger partial charge is 0.410 e. The molecule has 1 aliphatic carbocycles. The van der Waals surface area contributed by atoms with Crippen molar-refractivity contribution in [3.63, 3.8) is 0 Å². The predicted molar refractivity (Wildman–Crippen MR) is 69.3 cm³/mol. The fourth-order valence-corrected chi connectivity index (χ4v) is 3.23. The van der Waals surface area contributed by atoms with E-state index in [1.165, 1.54) is 12.8 Å². The van der Waals surface area contributed by atoms with Gasteiger partial charge in [0, 0.05) is 25.1 Å². The number of carbonyl (C=O) groups is 1. The molecule has 1 spiro atoms. The van der Waals surface area contributed by atoms with Gasteiger partial charge in [-0.05, 0) is 52.4 Å². The second-order valence-corrected chi connectivity index (χ2v) is 6.98. The Balaban J connectivity index is 1.67. The lowest BCUT2D eigenvalue weighted by molar-refractivity contribution is -0.0972. The minimum Gasteiger partial charge on any atom is -0.444 e. The number of hydrogen-bond acceptors (Lipinski definition) is 3. The number of ether oxygens (including phenoxy) is 1. The molecule has 1 saturated heterocycles. The van der Waals surface area contributed by atoms with Crippen LogP contribution in [0.3, 0.4) is 0 Å². The summed E-state index contributed by atoms with van der Waals surface area (Å²) in [7, 11) is 0. The van der Waals surface area contributed by atoms with Gasteiger partial charge in [-0.1, -0.05) is 0 Å². The summed E-state index contributed by atoms with van der Waals surface area (Å²) >= 11 is 0. The van der Waals surface area contributed by atoms with Crippen molar-refractivity contribution in [2.45, 2.75) is 52.1 Å². The van der Waals surface area contributed by atoms with Crippen LogP contribution in [0.4, 0.5) is 4.79 Å². The molecule has 2 fully saturated rings. The molecule has 1 aliphatic heterocycles. The molecule has 0 atom stereocenters. The Hall–Kier alpha value is -0.770. The van der Waals surface area contributed by atoms with E-state index in [9.17, 15) is 4.79 Å². The van der Waals surface area contributed by atoms with Crippen LogP contribution < -0.4 is 0 Å². The molecular weight excluding hydrogens is 230 g/mol. The summed E-state index contributed by atoms with van der Waals surface area (Å²) < 4.78 is 5.35. The van der Waals surface area contributed by atoms with Crippen molar-refractivity contribution in [3.8, 4) is 0 Å². The summed E-state index contributed by atoms with van der Waals surface area (Å²) in [5.41, 5.74) is -0.0138. The Labute approximate surface area is 109 Å². The SMILES string of the molecule is CC(C)(C)OC(=O)N1CC2(CC(CCCO)C2)C1. The molecule has 2 aliphatic rings. The third kappa shape index (κ3) is 2.97. The highest BCUT2D eigenvalue weighted by atomic mass is 16.6. The molecule has 0 aromatic rings. The molecule has 4 nitrogen and oxygen atoms in total. The lowest BCUT2D eigenvalue weighted by Gasteiger charge is -2.59. The Morgan fingerprint density at radius 2 is 2.00 bits per heavy atom. The molecule has 1 N–H and O–H groups in total. The normalized spacial score (nSPS) is 22.6. The van der Waals surface area contributed by atoms with Crippen LogP contribution in [0, 0.1) is 11.3 Å². The lowest BCUT2D eigenvalue weighted by Crippen LogP contribution is -2.64. The van der Waals surface area contributed by atoms with Crippen molar-refractivity contribution in [1.29, 1.82) is 0 Å². The maximum absolute atomic E-state index is 11.8. The largest absolute Gasteiger partial charge is 0.444 e. The van der Waals surface area contributed by atoms with Gasteiger partial charge in [0.2, 0.25) is 0 Å². The van der Waals surface area contributed by atoms with Gasteiger partial charge in [0.05, 0.1) is 0 Å². The van der Waals surface area contributed by atoms with Gasteiger partial charge >= 0.3 is 6.09 Å². The van der Waals surface area contributed by atoms with Gasteiger partial charge in [-0.15, -0.1) is 0 Å². The number of aliphatic hydroxyl groups is 1. The van der Waals surface area contributed by atoms with E-state index in [1.807, 2.05) is 25.7 Å². The van der Waals surface area contributed by atoms with Crippen LogP contribution >= 0.6 is 0 Å². The first-order valence-electron chi connectivity index (χ1n) is 6.92. The average molecular weight is 255 g/mol. The van der Waals surface area contributed by atoms with Crippen molar-refractivity contribution >= 4 is 6.09 Å². The van der Waals surface area contributed by atoms with Crippen LogP contribution in [0.15, 0.2) is 0 Å². The first-order valence-corrected chi connectivity index (χ1v) is 6.92. The standard InChI is InChI=1S/C14H25NO3/c1-13(2,3)18-12(17)15-9-14(10-15)7-11(8-14)5-4-6-16/h11,16H,4-10H2,1-3H3. The highest BCUT2D eigenvalue weighted by Crippen LogP contribution is 2.53. The van der Waals surface area contributed by atoms with E-state index in [-0.39, 0.29) is 6.09 Å². The Bertz CT molecular complexity index is 307. The topological polar surface area (TPSA) is 49.8 Å². The van der Waals surface area contributed by atoms with E-state index in [2.05, 4.69) is 0 Å². The van der Waals surface area contributed by atoms with E-state index in [0.717, 1.165) is 31.8 Å². The summed E-state index contributed by atoms with van der Waals surface area (Å²) in [5, 5.41) is 8.79. The van der Waals surface area contributed by atoms with Gasteiger partial charge in [-0.25, -0.2) is 4.79 Å². The molecule has 104 valence electrons. The second-order valence-electron chi connectivity index (χ2n) is 6.98. The zero-order valence-corrected chi connectivity index (χ0v) is 11.7. The minimum absolute atomic E-state index is 0.174. The molecular formula is C14H25NO3. The average Bonchev–Trinajstić information content (AvgIpc) is 2.09. The fraction of sp³-hybridized carbons (Fsp3) is 0.929. The Morgan fingerprint density at radius 3 is 2.50 bits per heavy atom. The number of likely N-dealkylation sites (tertiary alicyclic amines) is 1. The molecule has 1 saturated carbocycles. The van der Waals surface area contributed by atoms with Crippen molar-refractivity contribution in [1.82, 2.24) is 4.90 Å².